The van der Waals surface area contributed by atoms with E-state index in [1.54, 1.807) is 43.1 Å². The summed E-state index contributed by atoms with van der Waals surface area (Å²) in [6.45, 7) is 0. The molecular weight excluding hydrogens is 408 g/mol. The van der Waals surface area contributed by atoms with E-state index in [9.17, 15) is 8.78 Å². The van der Waals surface area contributed by atoms with Gasteiger partial charge >= 0.3 is 0 Å². The minimum Gasteiger partial charge on any atom is -0.496 e. The van der Waals surface area contributed by atoms with Crippen molar-refractivity contribution in [1.29, 1.82) is 0 Å². The van der Waals surface area contributed by atoms with Crippen molar-refractivity contribution in [3.8, 4) is 5.75 Å². The average molecular weight is 426 g/mol. The standard InChI is InChI=1S/C23H17F2NOS2/c1-27-20-5-3-2-4-19(20)23-26(18-12-10-17(25)11-13-18)22(28)21(29-23)14-15-6-8-16(24)9-7-15/h2-14,23H,1H3/b21-14+. The molecule has 0 bridgehead atoms. The van der Waals surface area contributed by atoms with Crippen LogP contribution in [0.4, 0.5) is 14.5 Å². The summed E-state index contributed by atoms with van der Waals surface area (Å²) in [5.41, 5.74) is 2.62. The Bertz CT molecular complexity index is 1060. The van der Waals surface area contributed by atoms with Crippen LogP contribution < -0.4 is 9.64 Å². The van der Waals surface area contributed by atoms with E-state index in [4.69, 9.17) is 17.0 Å². The van der Waals surface area contributed by atoms with E-state index in [1.807, 2.05) is 35.2 Å². The van der Waals surface area contributed by atoms with Crippen LogP contribution in [0.2, 0.25) is 0 Å². The number of anilines is 1. The number of thioether (sulfide) groups is 1. The van der Waals surface area contributed by atoms with Gasteiger partial charge in [-0.05, 0) is 54.1 Å². The maximum absolute atomic E-state index is 13.5. The molecule has 0 spiro atoms. The molecule has 0 N–H and O–H groups in total. The number of para-hydroxylation sites is 1. The number of hydrogen-bond acceptors (Lipinski definition) is 3. The summed E-state index contributed by atoms with van der Waals surface area (Å²) < 4.78 is 32.3. The molecule has 0 aromatic heterocycles. The van der Waals surface area contributed by atoms with Crippen molar-refractivity contribution in [3.63, 3.8) is 0 Å². The van der Waals surface area contributed by atoms with Gasteiger partial charge in [0.2, 0.25) is 0 Å². The van der Waals surface area contributed by atoms with Crippen molar-refractivity contribution in [3.05, 3.63) is 100 Å². The molecule has 0 amide bonds. The van der Waals surface area contributed by atoms with Gasteiger partial charge in [-0.3, -0.25) is 0 Å². The van der Waals surface area contributed by atoms with Crippen molar-refractivity contribution >= 4 is 40.7 Å². The molecule has 0 radical (unpaired) electrons. The maximum Gasteiger partial charge on any atom is 0.125 e. The Morgan fingerprint density at radius 3 is 2.21 bits per heavy atom. The molecule has 6 heteroatoms. The van der Waals surface area contributed by atoms with Gasteiger partial charge in [-0.2, -0.15) is 0 Å². The molecule has 2 nitrogen and oxygen atoms in total. The van der Waals surface area contributed by atoms with Gasteiger partial charge in [-0.15, -0.1) is 0 Å². The van der Waals surface area contributed by atoms with Crippen LogP contribution in [0.1, 0.15) is 16.5 Å². The van der Waals surface area contributed by atoms with Gasteiger partial charge in [0.15, 0.2) is 0 Å². The fourth-order valence-corrected chi connectivity index (χ4v) is 4.96. The molecule has 3 aromatic rings. The predicted molar refractivity (Wildman–Crippen MR) is 119 cm³/mol. The predicted octanol–water partition coefficient (Wildman–Crippen LogP) is 6.59. The third-order valence-corrected chi connectivity index (χ3v) is 6.38. The molecule has 3 aromatic carbocycles. The number of thiocarbonyl (C=S) groups is 1. The largest absolute Gasteiger partial charge is 0.496 e. The summed E-state index contributed by atoms with van der Waals surface area (Å²) in [4.78, 5) is 3.50. The van der Waals surface area contributed by atoms with Crippen molar-refractivity contribution < 1.29 is 13.5 Å². The molecule has 0 aliphatic carbocycles. The molecule has 1 unspecified atom stereocenters. The van der Waals surface area contributed by atoms with Crippen LogP contribution in [0.15, 0.2) is 77.7 Å². The van der Waals surface area contributed by atoms with E-state index in [2.05, 4.69) is 0 Å². The Morgan fingerprint density at radius 1 is 0.931 bits per heavy atom. The van der Waals surface area contributed by atoms with Crippen LogP contribution >= 0.6 is 24.0 Å². The van der Waals surface area contributed by atoms with E-state index in [0.717, 1.165) is 27.5 Å². The number of halogens is 2. The minimum absolute atomic E-state index is 0.171. The molecule has 4 rings (SSSR count). The van der Waals surface area contributed by atoms with Crippen molar-refractivity contribution in [2.75, 3.05) is 12.0 Å². The van der Waals surface area contributed by atoms with E-state index < -0.39 is 0 Å². The first-order valence-corrected chi connectivity index (χ1v) is 10.2. The number of benzene rings is 3. The van der Waals surface area contributed by atoms with Crippen LogP contribution in [0.5, 0.6) is 5.75 Å². The summed E-state index contributed by atoms with van der Waals surface area (Å²) in [6, 6.07) is 20.3. The van der Waals surface area contributed by atoms with E-state index >= 15 is 0 Å². The van der Waals surface area contributed by atoms with Gasteiger partial charge in [0.1, 0.15) is 27.7 Å². The zero-order chi connectivity index (χ0) is 20.4. The second-order valence-corrected chi connectivity index (χ2v) is 7.93. The highest BCUT2D eigenvalue weighted by Crippen LogP contribution is 2.50. The summed E-state index contributed by atoms with van der Waals surface area (Å²) in [7, 11) is 1.63. The third kappa shape index (κ3) is 4.04. The fourth-order valence-electron chi connectivity index (χ4n) is 3.18. The second kappa shape index (κ2) is 8.35. The van der Waals surface area contributed by atoms with Crippen LogP contribution in [-0.2, 0) is 0 Å². The lowest BCUT2D eigenvalue weighted by Crippen LogP contribution is -2.26. The molecule has 1 atom stereocenters. The van der Waals surface area contributed by atoms with Gasteiger partial charge in [0, 0.05) is 16.2 Å². The zero-order valence-electron chi connectivity index (χ0n) is 15.5. The summed E-state index contributed by atoms with van der Waals surface area (Å²) in [5.74, 6) is 0.166. The maximum atomic E-state index is 13.5. The molecule has 146 valence electrons. The number of hydrogen-bond donors (Lipinski definition) is 0. The number of nitrogens with zero attached hydrogens (tertiary/aromatic N) is 1. The van der Waals surface area contributed by atoms with E-state index in [1.165, 1.54) is 24.3 Å². The van der Waals surface area contributed by atoms with Crippen LogP contribution in [0.25, 0.3) is 6.08 Å². The third-order valence-electron chi connectivity index (χ3n) is 4.58. The molecule has 1 aliphatic rings. The number of methoxy groups -OCH3 is 1. The number of ether oxygens (including phenoxy) is 1. The highest BCUT2D eigenvalue weighted by atomic mass is 32.2. The van der Waals surface area contributed by atoms with E-state index in [0.29, 0.717) is 4.99 Å². The van der Waals surface area contributed by atoms with Gasteiger partial charge in [-0.1, -0.05) is 54.3 Å². The first-order chi connectivity index (χ1) is 14.1. The first-order valence-electron chi connectivity index (χ1n) is 8.93. The Kier molecular flexibility index (Phi) is 5.65. The normalized spacial score (nSPS) is 17.8. The average Bonchev–Trinajstić information content (AvgIpc) is 3.06. The Labute approximate surface area is 177 Å². The lowest BCUT2D eigenvalue weighted by molar-refractivity contribution is 0.409. The van der Waals surface area contributed by atoms with Gasteiger partial charge in [0.05, 0.1) is 7.11 Å². The summed E-state index contributed by atoms with van der Waals surface area (Å²) in [6.07, 6.45) is 1.94. The number of rotatable bonds is 4. The molecule has 1 fully saturated rings. The molecule has 1 saturated heterocycles. The first kappa shape index (κ1) is 19.6. The lowest BCUT2D eigenvalue weighted by Gasteiger charge is -2.26. The Morgan fingerprint density at radius 2 is 1.55 bits per heavy atom. The highest BCUT2D eigenvalue weighted by Gasteiger charge is 2.36. The highest BCUT2D eigenvalue weighted by molar-refractivity contribution is 8.06. The molecule has 29 heavy (non-hydrogen) atoms. The molecule has 0 saturated carbocycles. The van der Waals surface area contributed by atoms with E-state index in [-0.39, 0.29) is 17.0 Å². The summed E-state index contributed by atoms with van der Waals surface area (Å²) in [5, 5.41) is -0.171. The van der Waals surface area contributed by atoms with Gasteiger partial charge < -0.3 is 9.64 Å². The van der Waals surface area contributed by atoms with Gasteiger partial charge in [0.25, 0.3) is 0 Å². The topological polar surface area (TPSA) is 12.5 Å². The van der Waals surface area contributed by atoms with Crippen LogP contribution in [0, 0.1) is 11.6 Å². The van der Waals surface area contributed by atoms with Crippen molar-refractivity contribution in [2.24, 2.45) is 0 Å². The SMILES string of the molecule is COc1ccccc1C1S/C(=C/c2ccc(F)cc2)C(=S)N1c1ccc(F)cc1. The lowest BCUT2D eigenvalue weighted by atomic mass is 10.1. The molecule has 1 aliphatic heterocycles. The van der Waals surface area contributed by atoms with Crippen molar-refractivity contribution in [1.82, 2.24) is 0 Å². The van der Waals surface area contributed by atoms with Crippen molar-refractivity contribution in [2.45, 2.75) is 5.37 Å². The molecular formula is C23H17F2NOS2. The monoisotopic (exact) mass is 425 g/mol. The second-order valence-electron chi connectivity index (χ2n) is 6.42. The van der Waals surface area contributed by atoms with Gasteiger partial charge in [-0.25, -0.2) is 8.78 Å². The Hall–Kier alpha value is -2.70. The fraction of sp³-hybridized carbons (Fsp3) is 0.0870. The molecule has 1 heterocycles. The van der Waals surface area contributed by atoms with Crippen LogP contribution in [-0.4, -0.2) is 12.1 Å². The smallest absolute Gasteiger partial charge is 0.125 e. The zero-order valence-corrected chi connectivity index (χ0v) is 17.1. The quantitative estimate of drug-likeness (QED) is 0.345. The minimum atomic E-state index is -0.303. The Balaban J connectivity index is 1.79. The van der Waals surface area contributed by atoms with Crippen LogP contribution in [0.3, 0.4) is 0 Å². The summed E-state index contributed by atoms with van der Waals surface area (Å²) >= 11 is 7.37.